The zero-order valence-electron chi connectivity index (χ0n) is 20.6. The van der Waals surface area contributed by atoms with Crippen LogP contribution in [-0.2, 0) is 16.6 Å². The first kappa shape index (κ1) is 24.4. The highest BCUT2D eigenvalue weighted by Crippen LogP contribution is 2.37. The van der Waals surface area contributed by atoms with Crippen molar-refractivity contribution in [2.75, 3.05) is 22.6 Å². The second-order valence-corrected chi connectivity index (χ2v) is 10.3. The van der Waals surface area contributed by atoms with Gasteiger partial charge in [0.2, 0.25) is 5.91 Å². The second kappa shape index (κ2) is 10.7. The lowest BCUT2D eigenvalue weighted by Crippen LogP contribution is -2.41. The number of carbonyl (C=O) groups excluding carboxylic acids is 2. The standard InChI is InChI=1S/C27H31N5O3S/c1-18(32-22-10-6-7-11-23(22)35-16-25(32)34)26-29-30-27(31(26)2)36-17-24(33)28-21-14-12-20(13-15-21)19-8-4-3-5-9-19/h6-7,10-15,18-19H,3-5,8-9,16-17H2,1-2H3,(H,28,33). The van der Waals surface area contributed by atoms with Crippen LogP contribution in [0.1, 0.15) is 62.4 Å². The molecular formula is C27H31N5O3S. The number of para-hydroxylation sites is 2. The third-order valence-electron chi connectivity index (χ3n) is 6.98. The number of anilines is 2. The second-order valence-electron chi connectivity index (χ2n) is 9.39. The van der Waals surface area contributed by atoms with Crippen molar-refractivity contribution in [2.24, 2.45) is 7.05 Å². The van der Waals surface area contributed by atoms with E-state index in [0.717, 1.165) is 5.69 Å². The van der Waals surface area contributed by atoms with E-state index in [1.807, 2.05) is 54.9 Å². The Morgan fingerprint density at radius 2 is 1.86 bits per heavy atom. The van der Waals surface area contributed by atoms with Gasteiger partial charge in [-0.25, -0.2) is 0 Å². The molecule has 36 heavy (non-hydrogen) atoms. The van der Waals surface area contributed by atoms with Gasteiger partial charge in [0.15, 0.2) is 17.6 Å². The predicted molar refractivity (Wildman–Crippen MR) is 140 cm³/mol. The zero-order valence-corrected chi connectivity index (χ0v) is 21.5. The molecule has 2 aliphatic rings. The van der Waals surface area contributed by atoms with Gasteiger partial charge in [0, 0.05) is 12.7 Å². The molecule has 1 fully saturated rings. The van der Waals surface area contributed by atoms with Crippen molar-refractivity contribution in [1.82, 2.24) is 14.8 Å². The fraction of sp³-hybridized carbons (Fsp3) is 0.407. The average Bonchev–Trinajstić information content (AvgIpc) is 3.28. The van der Waals surface area contributed by atoms with Crippen LogP contribution < -0.4 is 15.0 Å². The van der Waals surface area contributed by atoms with Gasteiger partial charge in [0.1, 0.15) is 5.75 Å². The molecule has 0 bridgehead atoms. The van der Waals surface area contributed by atoms with Gasteiger partial charge < -0.3 is 14.6 Å². The van der Waals surface area contributed by atoms with E-state index < -0.39 is 0 Å². The van der Waals surface area contributed by atoms with Crippen molar-refractivity contribution in [2.45, 2.75) is 56.1 Å². The highest BCUT2D eigenvalue weighted by atomic mass is 32.2. The Morgan fingerprint density at radius 3 is 2.64 bits per heavy atom. The Morgan fingerprint density at radius 1 is 1.11 bits per heavy atom. The lowest BCUT2D eigenvalue weighted by atomic mass is 9.84. The van der Waals surface area contributed by atoms with E-state index in [0.29, 0.717) is 28.3 Å². The largest absolute Gasteiger partial charge is 0.482 e. The molecule has 5 rings (SSSR count). The van der Waals surface area contributed by atoms with Crippen LogP contribution in [0.2, 0.25) is 0 Å². The van der Waals surface area contributed by atoms with Crippen LogP contribution in [-0.4, -0.2) is 38.9 Å². The Labute approximate surface area is 215 Å². The molecule has 1 N–H and O–H groups in total. The lowest BCUT2D eigenvalue weighted by Gasteiger charge is -2.33. The van der Waals surface area contributed by atoms with Crippen LogP contribution in [0.5, 0.6) is 5.75 Å². The van der Waals surface area contributed by atoms with Crippen molar-refractivity contribution in [3.8, 4) is 5.75 Å². The Hall–Kier alpha value is -3.33. The number of nitrogens with one attached hydrogen (secondary N) is 1. The fourth-order valence-electron chi connectivity index (χ4n) is 5.08. The summed E-state index contributed by atoms with van der Waals surface area (Å²) in [7, 11) is 1.85. The Kier molecular flexibility index (Phi) is 7.27. The first-order valence-corrected chi connectivity index (χ1v) is 13.5. The maximum Gasteiger partial charge on any atom is 0.265 e. The van der Waals surface area contributed by atoms with E-state index in [2.05, 4.69) is 27.6 Å². The average molecular weight is 506 g/mol. The number of nitrogens with zero attached hydrogens (tertiary/aromatic N) is 4. The molecule has 1 atom stereocenters. The smallest absolute Gasteiger partial charge is 0.265 e. The highest BCUT2D eigenvalue weighted by Gasteiger charge is 2.32. The molecule has 2 heterocycles. The summed E-state index contributed by atoms with van der Waals surface area (Å²) in [6.45, 7) is 1.91. The minimum Gasteiger partial charge on any atom is -0.482 e. The maximum absolute atomic E-state index is 12.7. The van der Waals surface area contributed by atoms with Gasteiger partial charge in [0.25, 0.3) is 5.91 Å². The van der Waals surface area contributed by atoms with Crippen molar-refractivity contribution >= 4 is 35.0 Å². The number of aromatic nitrogens is 3. The highest BCUT2D eigenvalue weighted by molar-refractivity contribution is 7.99. The van der Waals surface area contributed by atoms with Crippen LogP contribution in [0.4, 0.5) is 11.4 Å². The SMILES string of the molecule is CC(c1nnc(SCC(=O)Nc2ccc(C3CCCCC3)cc2)n1C)N1C(=O)COc2ccccc21. The summed E-state index contributed by atoms with van der Waals surface area (Å²) in [6.07, 6.45) is 6.46. The molecule has 1 aliphatic carbocycles. The van der Waals surface area contributed by atoms with Gasteiger partial charge >= 0.3 is 0 Å². The van der Waals surface area contributed by atoms with E-state index in [4.69, 9.17) is 4.74 Å². The summed E-state index contributed by atoms with van der Waals surface area (Å²) >= 11 is 1.32. The van der Waals surface area contributed by atoms with E-state index in [-0.39, 0.29) is 30.2 Å². The molecule has 0 radical (unpaired) electrons. The number of thioether (sulfide) groups is 1. The maximum atomic E-state index is 12.7. The number of carbonyl (C=O) groups is 2. The number of ether oxygens (including phenoxy) is 1. The first-order valence-electron chi connectivity index (χ1n) is 12.5. The number of hydrogen-bond donors (Lipinski definition) is 1. The summed E-state index contributed by atoms with van der Waals surface area (Å²) < 4.78 is 7.40. The van der Waals surface area contributed by atoms with Crippen LogP contribution >= 0.6 is 11.8 Å². The molecule has 2 aromatic carbocycles. The number of hydrogen-bond acceptors (Lipinski definition) is 6. The van der Waals surface area contributed by atoms with Crippen molar-refractivity contribution < 1.29 is 14.3 Å². The van der Waals surface area contributed by atoms with Gasteiger partial charge in [-0.05, 0) is 55.5 Å². The molecule has 8 nitrogen and oxygen atoms in total. The molecule has 9 heteroatoms. The van der Waals surface area contributed by atoms with Gasteiger partial charge in [-0.3, -0.25) is 14.5 Å². The molecule has 2 amide bonds. The van der Waals surface area contributed by atoms with Crippen LogP contribution in [0.3, 0.4) is 0 Å². The summed E-state index contributed by atoms with van der Waals surface area (Å²) in [5.74, 6) is 1.94. The van der Waals surface area contributed by atoms with E-state index in [1.54, 1.807) is 4.90 Å². The van der Waals surface area contributed by atoms with Crippen molar-refractivity contribution in [3.05, 3.63) is 59.9 Å². The predicted octanol–water partition coefficient (Wildman–Crippen LogP) is 5.08. The van der Waals surface area contributed by atoms with Crippen molar-refractivity contribution in [1.29, 1.82) is 0 Å². The molecule has 1 saturated carbocycles. The number of rotatable bonds is 7. The molecule has 3 aromatic rings. The van der Waals surface area contributed by atoms with E-state index >= 15 is 0 Å². The number of amides is 2. The molecule has 0 spiro atoms. The minimum atomic E-state index is -0.342. The zero-order chi connectivity index (χ0) is 25.1. The van der Waals surface area contributed by atoms with Gasteiger partial charge in [-0.1, -0.05) is 55.3 Å². The topological polar surface area (TPSA) is 89.4 Å². The third kappa shape index (κ3) is 5.11. The van der Waals surface area contributed by atoms with Gasteiger partial charge in [-0.2, -0.15) is 0 Å². The van der Waals surface area contributed by atoms with Crippen LogP contribution in [0.25, 0.3) is 0 Å². The molecule has 1 aliphatic heterocycles. The Bertz CT molecular complexity index is 1240. The normalized spacial score (nSPS) is 16.8. The lowest BCUT2D eigenvalue weighted by molar-refractivity contribution is -0.121. The minimum absolute atomic E-state index is 0.0113. The Balaban J connectivity index is 1.20. The molecule has 1 unspecified atom stereocenters. The molecule has 188 valence electrons. The monoisotopic (exact) mass is 505 g/mol. The first-order chi connectivity index (χ1) is 17.5. The van der Waals surface area contributed by atoms with E-state index in [1.165, 1.54) is 49.4 Å². The fourth-order valence-corrected chi connectivity index (χ4v) is 5.80. The van der Waals surface area contributed by atoms with Gasteiger partial charge in [0.05, 0.1) is 17.5 Å². The third-order valence-corrected chi connectivity index (χ3v) is 8.00. The molecule has 0 saturated heterocycles. The van der Waals surface area contributed by atoms with Gasteiger partial charge in [-0.15, -0.1) is 10.2 Å². The summed E-state index contributed by atoms with van der Waals surface area (Å²) in [5.41, 5.74) is 2.88. The summed E-state index contributed by atoms with van der Waals surface area (Å²) in [5, 5.41) is 12.2. The number of fused-ring (bicyclic) bond motifs is 1. The van der Waals surface area contributed by atoms with Crippen LogP contribution in [0, 0.1) is 0 Å². The van der Waals surface area contributed by atoms with Crippen LogP contribution in [0.15, 0.2) is 53.7 Å². The summed E-state index contributed by atoms with van der Waals surface area (Å²) in [6, 6.07) is 15.4. The summed E-state index contributed by atoms with van der Waals surface area (Å²) in [4.78, 5) is 27.0. The van der Waals surface area contributed by atoms with Crippen molar-refractivity contribution in [3.63, 3.8) is 0 Å². The molecule has 1 aromatic heterocycles. The molecular weight excluding hydrogens is 474 g/mol. The van der Waals surface area contributed by atoms with E-state index in [9.17, 15) is 9.59 Å². The quantitative estimate of drug-likeness (QED) is 0.451. The number of benzene rings is 2.